The Hall–Kier alpha value is -2.11. The largest absolute Gasteiger partial charge is 0.497 e. The lowest BCUT2D eigenvalue weighted by Gasteiger charge is -2.29. The van der Waals surface area contributed by atoms with Crippen LogP contribution in [0, 0.1) is 0 Å². The molecule has 0 amide bonds. The molecule has 2 N–H and O–H groups in total. The molecule has 1 aliphatic heterocycles. The molecule has 0 aliphatic carbocycles. The Balaban J connectivity index is 1.61. The van der Waals surface area contributed by atoms with Crippen LogP contribution in [0.5, 0.6) is 5.75 Å². The van der Waals surface area contributed by atoms with Gasteiger partial charge in [-0.1, -0.05) is 38.1 Å². The summed E-state index contributed by atoms with van der Waals surface area (Å²) in [6, 6.07) is 17.2. The Labute approximate surface area is 174 Å². The van der Waals surface area contributed by atoms with Crippen molar-refractivity contribution in [2.45, 2.75) is 38.6 Å². The fourth-order valence-electron chi connectivity index (χ4n) is 3.65. The number of methoxy groups -OCH3 is 1. The molecule has 0 aromatic heterocycles. The first kappa shape index (κ1) is 20.6. The highest BCUT2D eigenvalue weighted by molar-refractivity contribution is 7.80. The second-order valence-corrected chi connectivity index (χ2v) is 8.05. The molecule has 28 heavy (non-hydrogen) atoms. The van der Waals surface area contributed by atoms with Gasteiger partial charge in [-0.2, -0.15) is 0 Å². The van der Waals surface area contributed by atoms with E-state index in [1.165, 1.54) is 24.0 Å². The number of thiocarbonyl (C=S) groups is 1. The fraction of sp³-hybridized carbons (Fsp3) is 0.435. The number of rotatable bonds is 7. The maximum Gasteiger partial charge on any atom is 0.170 e. The number of ether oxygens (including phenoxy) is 1. The van der Waals surface area contributed by atoms with Gasteiger partial charge in [0.1, 0.15) is 5.75 Å². The number of nitrogens with one attached hydrogen (secondary N) is 2. The Kier molecular flexibility index (Phi) is 7.29. The third-order valence-electron chi connectivity index (χ3n) is 5.37. The van der Waals surface area contributed by atoms with Crippen molar-refractivity contribution in [2.75, 3.05) is 32.1 Å². The van der Waals surface area contributed by atoms with Crippen molar-refractivity contribution >= 4 is 23.0 Å². The van der Waals surface area contributed by atoms with E-state index in [2.05, 4.69) is 65.8 Å². The van der Waals surface area contributed by atoms with Crippen LogP contribution in [0.3, 0.4) is 0 Å². The molecule has 1 heterocycles. The Morgan fingerprint density at radius 1 is 1.00 bits per heavy atom. The lowest BCUT2D eigenvalue weighted by molar-refractivity contribution is 0.246. The number of likely N-dealkylation sites (tertiary alicyclic amines) is 1. The van der Waals surface area contributed by atoms with Crippen LogP contribution >= 0.6 is 12.2 Å². The van der Waals surface area contributed by atoms with Gasteiger partial charge in [0.25, 0.3) is 0 Å². The summed E-state index contributed by atoms with van der Waals surface area (Å²) in [6.07, 6.45) is 2.52. The molecule has 2 aromatic rings. The van der Waals surface area contributed by atoms with Crippen molar-refractivity contribution < 1.29 is 4.74 Å². The molecule has 2 aromatic carbocycles. The predicted octanol–water partition coefficient (Wildman–Crippen LogP) is 4.94. The molecule has 3 rings (SSSR count). The van der Waals surface area contributed by atoms with Crippen molar-refractivity contribution in [1.82, 2.24) is 10.2 Å². The molecular formula is C23H31N3OS. The quantitative estimate of drug-likeness (QED) is 0.647. The number of hydrogen-bond acceptors (Lipinski definition) is 3. The first-order chi connectivity index (χ1) is 13.6. The van der Waals surface area contributed by atoms with Crippen LogP contribution in [0.2, 0.25) is 0 Å². The summed E-state index contributed by atoms with van der Waals surface area (Å²) < 4.78 is 5.30. The lowest BCUT2D eigenvalue weighted by atomic mass is 10.0. The van der Waals surface area contributed by atoms with Crippen LogP contribution in [0.25, 0.3) is 0 Å². The van der Waals surface area contributed by atoms with E-state index in [9.17, 15) is 0 Å². The third-order valence-corrected chi connectivity index (χ3v) is 5.62. The standard InChI is InChI=1S/C23H31N3OS/c1-17(2)18-6-10-20(11-7-18)25-23(28)24-16-22(26-14-4-5-15-26)19-8-12-21(27-3)13-9-19/h6-13,17,22H,4-5,14-16H2,1-3H3,(H2,24,25,28)/t22-/m1/s1. The van der Waals surface area contributed by atoms with E-state index in [1.54, 1.807) is 7.11 Å². The number of benzene rings is 2. The average Bonchev–Trinajstić information content (AvgIpc) is 3.23. The van der Waals surface area contributed by atoms with Gasteiger partial charge in [0, 0.05) is 12.2 Å². The van der Waals surface area contributed by atoms with E-state index in [0.29, 0.717) is 17.1 Å². The zero-order chi connectivity index (χ0) is 19.9. The molecule has 0 spiro atoms. The molecular weight excluding hydrogens is 366 g/mol. The minimum absolute atomic E-state index is 0.302. The molecule has 150 valence electrons. The molecule has 0 unspecified atom stereocenters. The van der Waals surface area contributed by atoms with E-state index < -0.39 is 0 Å². The minimum atomic E-state index is 0.302. The minimum Gasteiger partial charge on any atom is -0.497 e. The number of hydrogen-bond donors (Lipinski definition) is 2. The summed E-state index contributed by atoms with van der Waals surface area (Å²) in [5.74, 6) is 1.42. The second kappa shape index (κ2) is 9.89. The van der Waals surface area contributed by atoms with E-state index in [1.807, 2.05) is 12.1 Å². The van der Waals surface area contributed by atoms with E-state index in [-0.39, 0.29) is 0 Å². The zero-order valence-corrected chi connectivity index (χ0v) is 17.9. The normalized spacial score (nSPS) is 15.4. The highest BCUT2D eigenvalue weighted by Gasteiger charge is 2.23. The van der Waals surface area contributed by atoms with Crippen molar-refractivity contribution in [2.24, 2.45) is 0 Å². The summed E-state index contributed by atoms with van der Waals surface area (Å²) >= 11 is 5.54. The summed E-state index contributed by atoms with van der Waals surface area (Å²) in [5, 5.41) is 7.39. The maximum atomic E-state index is 5.54. The Morgan fingerprint density at radius 2 is 1.61 bits per heavy atom. The van der Waals surface area contributed by atoms with Crippen molar-refractivity contribution in [3.63, 3.8) is 0 Å². The first-order valence-corrected chi connectivity index (χ1v) is 10.5. The molecule has 1 fully saturated rings. The molecule has 0 saturated carbocycles. The van der Waals surface area contributed by atoms with E-state index in [0.717, 1.165) is 31.1 Å². The molecule has 1 atom stereocenters. The molecule has 0 radical (unpaired) electrons. The van der Waals surface area contributed by atoms with Crippen molar-refractivity contribution in [3.05, 3.63) is 59.7 Å². The van der Waals surface area contributed by atoms with Gasteiger partial charge in [0.15, 0.2) is 5.11 Å². The summed E-state index contributed by atoms with van der Waals surface area (Å²) in [6.45, 7) is 7.45. The SMILES string of the molecule is COc1ccc([C@@H](CNC(=S)Nc2ccc(C(C)C)cc2)N2CCCC2)cc1. The van der Waals surface area contributed by atoms with Gasteiger partial charge in [-0.05, 0) is 79.5 Å². The van der Waals surface area contributed by atoms with Crippen molar-refractivity contribution in [1.29, 1.82) is 0 Å². The second-order valence-electron chi connectivity index (χ2n) is 7.64. The van der Waals surface area contributed by atoms with Gasteiger partial charge in [-0.15, -0.1) is 0 Å². The summed E-state index contributed by atoms with van der Waals surface area (Å²) in [4.78, 5) is 2.54. The lowest BCUT2D eigenvalue weighted by Crippen LogP contribution is -2.38. The van der Waals surface area contributed by atoms with E-state index >= 15 is 0 Å². The van der Waals surface area contributed by atoms with Crippen LogP contribution in [0.1, 0.15) is 49.8 Å². The molecule has 0 bridgehead atoms. The Bertz CT molecular complexity index is 752. The molecule has 5 heteroatoms. The van der Waals surface area contributed by atoms with Gasteiger partial charge < -0.3 is 15.4 Å². The smallest absolute Gasteiger partial charge is 0.170 e. The molecule has 4 nitrogen and oxygen atoms in total. The van der Waals surface area contributed by atoms with Crippen LogP contribution in [-0.4, -0.2) is 36.8 Å². The van der Waals surface area contributed by atoms with E-state index in [4.69, 9.17) is 17.0 Å². The average molecular weight is 398 g/mol. The first-order valence-electron chi connectivity index (χ1n) is 10.1. The summed E-state index contributed by atoms with van der Waals surface area (Å²) in [7, 11) is 1.70. The van der Waals surface area contributed by atoms with Gasteiger partial charge in [0.05, 0.1) is 13.2 Å². The maximum absolute atomic E-state index is 5.54. The Morgan fingerprint density at radius 3 is 2.18 bits per heavy atom. The highest BCUT2D eigenvalue weighted by Crippen LogP contribution is 2.26. The van der Waals surface area contributed by atoms with Crippen LogP contribution in [0.15, 0.2) is 48.5 Å². The fourth-order valence-corrected chi connectivity index (χ4v) is 3.85. The number of nitrogens with zero attached hydrogens (tertiary/aromatic N) is 1. The van der Waals surface area contributed by atoms with Crippen LogP contribution in [0.4, 0.5) is 5.69 Å². The topological polar surface area (TPSA) is 36.5 Å². The highest BCUT2D eigenvalue weighted by atomic mass is 32.1. The van der Waals surface area contributed by atoms with Crippen LogP contribution < -0.4 is 15.4 Å². The van der Waals surface area contributed by atoms with Crippen LogP contribution in [-0.2, 0) is 0 Å². The third kappa shape index (κ3) is 5.46. The molecule has 1 aliphatic rings. The number of anilines is 1. The van der Waals surface area contributed by atoms with Gasteiger partial charge >= 0.3 is 0 Å². The molecule has 1 saturated heterocycles. The van der Waals surface area contributed by atoms with Gasteiger partial charge in [-0.25, -0.2) is 0 Å². The monoisotopic (exact) mass is 397 g/mol. The van der Waals surface area contributed by atoms with Crippen molar-refractivity contribution in [3.8, 4) is 5.75 Å². The zero-order valence-electron chi connectivity index (χ0n) is 17.1. The van der Waals surface area contributed by atoms with Gasteiger partial charge in [0.2, 0.25) is 0 Å². The predicted molar refractivity (Wildman–Crippen MR) is 121 cm³/mol. The summed E-state index contributed by atoms with van der Waals surface area (Å²) in [5.41, 5.74) is 3.64. The van der Waals surface area contributed by atoms with Gasteiger partial charge in [-0.3, -0.25) is 4.90 Å².